The highest BCUT2D eigenvalue weighted by Gasteiger charge is 2.21. The van der Waals surface area contributed by atoms with E-state index >= 15 is 0 Å². The fourth-order valence-electron chi connectivity index (χ4n) is 2.49. The Hall–Kier alpha value is -1.66. The summed E-state index contributed by atoms with van der Waals surface area (Å²) in [6, 6.07) is 1.55. The molecule has 1 aromatic rings. The molecule has 1 atom stereocenters. The van der Waals surface area contributed by atoms with E-state index in [-0.39, 0.29) is 18.2 Å². The molecule has 1 aliphatic rings. The van der Waals surface area contributed by atoms with E-state index in [2.05, 4.69) is 10.3 Å². The number of aliphatic hydroxyl groups is 1. The van der Waals surface area contributed by atoms with Gasteiger partial charge in [-0.25, -0.2) is 9.78 Å². The molecule has 0 saturated carbocycles. The van der Waals surface area contributed by atoms with Crippen LogP contribution in [-0.2, 0) is 17.6 Å². The molecule has 0 radical (unpaired) electrons. The summed E-state index contributed by atoms with van der Waals surface area (Å²) in [5.41, 5.74) is 2.18. The van der Waals surface area contributed by atoms with Crippen molar-refractivity contribution in [3.63, 3.8) is 0 Å². The van der Waals surface area contributed by atoms with Crippen molar-refractivity contribution < 1.29 is 19.7 Å². The molecule has 0 aliphatic heterocycles. The van der Waals surface area contributed by atoms with Crippen molar-refractivity contribution in [2.45, 2.75) is 31.7 Å². The minimum Gasteiger partial charge on any atom is -0.478 e. The molecule has 1 heterocycles. The van der Waals surface area contributed by atoms with E-state index in [1.54, 1.807) is 13.2 Å². The number of hydrogen-bond acceptors (Lipinski definition) is 5. The topological polar surface area (TPSA) is 91.7 Å². The number of aryl methyl sites for hydroxylation is 2. The number of aromatic nitrogens is 1. The molecule has 1 unspecified atom stereocenters. The van der Waals surface area contributed by atoms with E-state index in [1.165, 1.54) is 0 Å². The maximum absolute atomic E-state index is 11.4. The van der Waals surface area contributed by atoms with Gasteiger partial charge in [0.2, 0.25) is 0 Å². The van der Waals surface area contributed by atoms with Crippen LogP contribution in [0.4, 0.5) is 5.82 Å². The van der Waals surface area contributed by atoms with Crippen LogP contribution < -0.4 is 5.32 Å². The van der Waals surface area contributed by atoms with Crippen LogP contribution in [0.25, 0.3) is 0 Å². The molecule has 0 fully saturated rings. The number of ether oxygens (including phenoxy) is 1. The highest BCUT2D eigenvalue weighted by molar-refractivity contribution is 5.93. The molecule has 20 heavy (non-hydrogen) atoms. The molecule has 0 amide bonds. The van der Waals surface area contributed by atoms with E-state index in [4.69, 9.17) is 9.84 Å². The third kappa shape index (κ3) is 3.26. The van der Waals surface area contributed by atoms with E-state index < -0.39 is 5.97 Å². The van der Waals surface area contributed by atoms with Gasteiger partial charge in [0.1, 0.15) is 11.4 Å². The van der Waals surface area contributed by atoms with Crippen molar-refractivity contribution >= 4 is 11.8 Å². The van der Waals surface area contributed by atoms with Crippen molar-refractivity contribution in [2.75, 3.05) is 25.6 Å². The Morgan fingerprint density at radius 2 is 2.35 bits per heavy atom. The van der Waals surface area contributed by atoms with Crippen LogP contribution in [0, 0.1) is 0 Å². The van der Waals surface area contributed by atoms with Gasteiger partial charge in [0.05, 0.1) is 12.6 Å². The lowest BCUT2D eigenvalue weighted by Gasteiger charge is -2.19. The number of carboxylic acids is 1. The smallest absolute Gasteiger partial charge is 0.339 e. The zero-order chi connectivity index (χ0) is 14.5. The largest absolute Gasteiger partial charge is 0.478 e. The van der Waals surface area contributed by atoms with Gasteiger partial charge in [0.15, 0.2) is 0 Å². The number of nitrogens with one attached hydrogen (secondary N) is 1. The van der Waals surface area contributed by atoms with Crippen LogP contribution in [0.1, 0.15) is 34.5 Å². The summed E-state index contributed by atoms with van der Waals surface area (Å²) in [5.74, 6) is -0.622. The maximum atomic E-state index is 11.4. The molecule has 2 rings (SSSR count). The Balaban J connectivity index is 2.26. The number of rotatable bonds is 7. The van der Waals surface area contributed by atoms with Crippen LogP contribution in [-0.4, -0.2) is 47.5 Å². The SMILES string of the molecule is COCC(CCO)Nc1nc2c(cc1C(=O)O)CCC2. The van der Waals surface area contributed by atoms with Crippen LogP contribution in [0.3, 0.4) is 0 Å². The quantitative estimate of drug-likeness (QED) is 0.692. The molecule has 110 valence electrons. The Morgan fingerprint density at radius 1 is 1.55 bits per heavy atom. The van der Waals surface area contributed by atoms with E-state index in [0.717, 1.165) is 30.5 Å². The molecule has 6 nitrogen and oxygen atoms in total. The third-order valence-corrected chi connectivity index (χ3v) is 3.47. The molecule has 6 heteroatoms. The number of methoxy groups -OCH3 is 1. The average Bonchev–Trinajstić information content (AvgIpc) is 2.85. The number of pyridine rings is 1. The molecule has 3 N–H and O–H groups in total. The first kappa shape index (κ1) is 14.7. The Kier molecular flexibility index (Phi) is 4.92. The molecule has 1 aromatic heterocycles. The van der Waals surface area contributed by atoms with Crippen LogP contribution in [0.5, 0.6) is 0 Å². The second-order valence-corrected chi connectivity index (χ2v) is 4.96. The summed E-state index contributed by atoms with van der Waals surface area (Å²) in [6.07, 6.45) is 3.27. The normalized spacial score (nSPS) is 14.9. The molecule has 0 bridgehead atoms. The summed E-state index contributed by atoms with van der Waals surface area (Å²) in [7, 11) is 1.57. The predicted octanol–water partition coefficient (Wildman–Crippen LogP) is 1.08. The molecule has 1 aliphatic carbocycles. The highest BCUT2D eigenvalue weighted by Crippen LogP contribution is 2.26. The fourth-order valence-corrected chi connectivity index (χ4v) is 2.49. The summed E-state index contributed by atoms with van der Waals surface area (Å²) in [6.45, 7) is 0.396. The van der Waals surface area contributed by atoms with Crippen molar-refractivity contribution in [1.82, 2.24) is 4.98 Å². The zero-order valence-electron chi connectivity index (χ0n) is 11.6. The van der Waals surface area contributed by atoms with Crippen molar-refractivity contribution in [3.8, 4) is 0 Å². The second kappa shape index (κ2) is 6.67. The monoisotopic (exact) mass is 280 g/mol. The van der Waals surface area contributed by atoms with Crippen molar-refractivity contribution in [2.24, 2.45) is 0 Å². The average molecular weight is 280 g/mol. The fraction of sp³-hybridized carbons (Fsp3) is 0.571. The molecule has 0 saturated heterocycles. The minimum absolute atomic E-state index is 0.00831. The lowest BCUT2D eigenvalue weighted by Crippen LogP contribution is -2.28. The molecular formula is C14H20N2O4. The summed E-state index contributed by atoms with van der Waals surface area (Å²) < 4.78 is 5.07. The van der Waals surface area contributed by atoms with Crippen molar-refractivity contribution in [1.29, 1.82) is 0 Å². The Labute approximate surface area is 117 Å². The van der Waals surface area contributed by atoms with E-state index in [9.17, 15) is 9.90 Å². The predicted molar refractivity (Wildman–Crippen MR) is 74.2 cm³/mol. The molecule has 0 spiro atoms. The standard InChI is InChI=1S/C14H20N2O4/c1-20-8-10(5-6-17)15-13-11(14(18)19)7-9-3-2-4-12(9)16-13/h7,10,17H,2-6,8H2,1H3,(H,15,16)(H,18,19). The Morgan fingerprint density at radius 3 is 3.00 bits per heavy atom. The number of aliphatic hydroxyl groups excluding tert-OH is 1. The number of carbonyl (C=O) groups is 1. The highest BCUT2D eigenvalue weighted by atomic mass is 16.5. The van der Waals surface area contributed by atoms with Gasteiger partial charge in [-0.1, -0.05) is 0 Å². The second-order valence-electron chi connectivity index (χ2n) is 4.96. The van der Waals surface area contributed by atoms with Gasteiger partial charge in [0.25, 0.3) is 0 Å². The third-order valence-electron chi connectivity index (χ3n) is 3.47. The number of aromatic carboxylic acids is 1. The first-order valence-corrected chi connectivity index (χ1v) is 6.78. The summed E-state index contributed by atoms with van der Waals surface area (Å²) in [4.78, 5) is 15.8. The number of hydrogen-bond donors (Lipinski definition) is 3. The van der Waals surface area contributed by atoms with Gasteiger partial charge in [0, 0.05) is 19.4 Å². The van der Waals surface area contributed by atoms with Gasteiger partial charge < -0.3 is 20.3 Å². The lowest BCUT2D eigenvalue weighted by molar-refractivity contribution is 0.0697. The minimum atomic E-state index is -0.991. The van der Waals surface area contributed by atoms with Crippen LogP contribution >= 0.6 is 0 Å². The Bertz CT molecular complexity index is 484. The first-order chi connectivity index (χ1) is 9.65. The van der Waals surface area contributed by atoms with E-state index in [1.807, 2.05) is 0 Å². The maximum Gasteiger partial charge on any atom is 0.339 e. The van der Waals surface area contributed by atoms with Crippen LogP contribution in [0.2, 0.25) is 0 Å². The lowest BCUT2D eigenvalue weighted by atomic mass is 10.1. The number of anilines is 1. The van der Waals surface area contributed by atoms with E-state index in [0.29, 0.717) is 18.8 Å². The zero-order valence-corrected chi connectivity index (χ0v) is 11.6. The van der Waals surface area contributed by atoms with Gasteiger partial charge in [-0.05, 0) is 37.3 Å². The number of fused-ring (bicyclic) bond motifs is 1. The summed E-state index contributed by atoms with van der Waals surface area (Å²) >= 11 is 0. The molecule has 0 aromatic carbocycles. The van der Waals surface area contributed by atoms with Gasteiger partial charge >= 0.3 is 5.97 Å². The molecular weight excluding hydrogens is 260 g/mol. The van der Waals surface area contributed by atoms with Crippen molar-refractivity contribution in [3.05, 3.63) is 22.9 Å². The number of carboxylic acid groups (broad SMARTS) is 1. The van der Waals surface area contributed by atoms with Crippen LogP contribution in [0.15, 0.2) is 6.07 Å². The van der Waals surface area contributed by atoms with Gasteiger partial charge in [-0.3, -0.25) is 0 Å². The van der Waals surface area contributed by atoms with Gasteiger partial charge in [-0.15, -0.1) is 0 Å². The first-order valence-electron chi connectivity index (χ1n) is 6.78. The number of nitrogens with zero attached hydrogens (tertiary/aromatic N) is 1. The summed E-state index contributed by atoms with van der Waals surface area (Å²) in [5, 5.41) is 21.4. The van der Waals surface area contributed by atoms with Gasteiger partial charge in [-0.2, -0.15) is 0 Å².